The quantitative estimate of drug-likeness (QED) is 0.756. The lowest BCUT2D eigenvalue weighted by Gasteiger charge is -2.29. The van der Waals surface area contributed by atoms with Crippen LogP contribution in [0.2, 0.25) is 0 Å². The first kappa shape index (κ1) is 12.3. The molecule has 1 saturated carbocycles. The molecule has 1 aliphatic carbocycles. The predicted molar refractivity (Wildman–Crippen MR) is 59.7 cm³/mol. The molecule has 0 amide bonds. The predicted octanol–water partition coefficient (Wildman–Crippen LogP) is 2.94. The molecule has 2 atom stereocenters. The molecule has 1 N–H and O–H groups in total. The molecule has 2 aliphatic rings. The molecule has 0 aromatic rings. The topological polar surface area (TPSA) is 12.0 Å². The lowest BCUT2D eigenvalue weighted by molar-refractivity contribution is 0.129. The van der Waals surface area contributed by atoms with Gasteiger partial charge in [-0.05, 0) is 38.1 Å². The van der Waals surface area contributed by atoms with Crippen molar-refractivity contribution in [3.63, 3.8) is 0 Å². The van der Waals surface area contributed by atoms with Crippen LogP contribution in [0.5, 0.6) is 0 Å². The molecule has 3 heteroatoms. The van der Waals surface area contributed by atoms with Gasteiger partial charge in [0.2, 0.25) is 0 Å². The molecule has 0 bridgehead atoms. The third-order valence-electron chi connectivity index (χ3n) is 3.64. The van der Waals surface area contributed by atoms with E-state index in [1.54, 1.807) is 0 Å². The zero-order chi connectivity index (χ0) is 9.10. The van der Waals surface area contributed by atoms with Gasteiger partial charge in [-0.1, -0.05) is 12.8 Å². The molecule has 1 nitrogen and oxygen atoms in total. The third-order valence-corrected chi connectivity index (χ3v) is 3.64. The van der Waals surface area contributed by atoms with E-state index in [9.17, 15) is 4.39 Å². The molecule has 14 heavy (non-hydrogen) atoms. The van der Waals surface area contributed by atoms with Gasteiger partial charge in [0.25, 0.3) is 0 Å². The Morgan fingerprint density at radius 3 is 2.21 bits per heavy atom. The summed E-state index contributed by atoms with van der Waals surface area (Å²) in [7, 11) is 0. The highest BCUT2D eigenvalue weighted by Gasteiger charge is 2.31. The molecule has 2 rings (SSSR count). The van der Waals surface area contributed by atoms with Crippen LogP contribution >= 0.6 is 12.4 Å². The molecule has 2 fully saturated rings. The fourth-order valence-electron chi connectivity index (χ4n) is 2.81. The molecule has 1 heterocycles. The number of nitrogens with one attached hydrogen (secondary N) is 1. The van der Waals surface area contributed by atoms with Gasteiger partial charge in [0.1, 0.15) is 6.17 Å². The van der Waals surface area contributed by atoms with Crippen molar-refractivity contribution in [3.05, 3.63) is 0 Å². The number of hydrogen-bond donors (Lipinski definition) is 1. The van der Waals surface area contributed by atoms with E-state index in [4.69, 9.17) is 0 Å². The number of rotatable bonds is 2. The van der Waals surface area contributed by atoms with Crippen LogP contribution in [0.3, 0.4) is 0 Å². The summed E-state index contributed by atoms with van der Waals surface area (Å²) in [4.78, 5) is 0. The summed E-state index contributed by atoms with van der Waals surface area (Å²) in [6, 6.07) is 0. The summed E-state index contributed by atoms with van der Waals surface area (Å²) in [5.41, 5.74) is 0. The van der Waals surface area contributed by atoms with E-state index in [-0.39, 0.29) is 12.4 Å². The van der Waals surface area contributed by atoms with Crippen LogP contribution in [0, 0.1) is 11.8 Å². The van der Waals surface area contributed by atoms with Gasteiger partial charge in [-0.25, -0.2) is 4.39 Å². The third kappa shape index (κ3) is 2.83. The summed E-state index contributed by atoms with van der Waals surface area (Å²) in [6.45, 7) is 2.01. The Morgan fingerprint density at radius 2 is 1.64 bits per heavy atom. The van der Waals surface area contributed by atoms with Crippen LogP contribution in [0.1, 0.15) is 38.5 Å². The summed E-state index contributed by atoms with van der Waals surface area (Å²) in [5.74, 6) is 0.710. The first-order valence-corrected chi connectivity index (χ1v) is 5.72. The van der Waals surface area contributed by atoms with E-state index >= 15 is 0 Å². The van der Waals surface area contributed by atoms with Gasteiger partial charge in [0, 0.05) is 12.5 Å². The molecule has 1 aliphatic heterocycles. The molecular formula is C11H21ClFN. The fraction of sp³-hybridized carbons (Fsp3) is 1.00. The monoisotopic (exact) mass is 221 g/mol. The average molecular weight is 222 g/mol. The number of halogens is 2. The van der Waals surface area contributed by atoms with Crippen LogP contribution in [0.25, 0.3) is 0 Å². The van der Waals surface area contributed by atoms with E-state index in [0.717, 1.165) is 38.8 Å². The molecule has 0 aromatic carbocycles. The first-order chi connectivity index (χ1) is 6.38. The van der Waals surface area contributed by atoms with Gasteiger partial charge in [0.15, 0.2) is 0 Å². The van der Waals surface area contributed by atoms with Crippen molar-refractivity contribution in [2.75, 3.05) is 13.1 Å². The van der Waals surface area contributed by atoms with Crippen LogP contribution in [0.15, 0.2) is 0 Å². The molecule has 1 saturated heterocycles. The molecule has 0 spiro atoms. The maximum Gasteiger partial charge on any atom is 0.107 e. The van der Waals surface area contributed by atoms with Crippen molar-refractivity contribution in [1.29, 1.82) is 0 Å². The summed E-state index contributed by atoms with van der Waals surface area (Å²) >= 11 is 0. The molecule has 2 unspecified atom stereocenters. The average Bonchev–Trinajstić information content (AvgIpc) is 2.71. The van der Waals surface area contributed by atoms with Gasteiger partial charge in [-0.3, -0.25) is 0 Å². The smallest absolute Gasteiger partial charge is 0.107 e. The second-order valence-corrected chi connectivity index (χ2v) is 4.60. The summed E-state index contributed by atoms with van der Waals surface area (Å²) < 4.78 is 14.0. The van der Waals surface area contributed by atoms with Crippen molar-refractivity contribution in [2.45, 2.75) is 44.7 Å². The highest BCUT2D eigenvalue weighted by molar-refractivity contribution is 5.85. The van der Waals surface area contributed by atoms with Crippen molar-refractivity contribution in [2.24, 2.45) is 11.8 Å². The minimum atomic E-state index is -0.518. The fourth-order valence-corrected chi connectivity index (χ4v) is 2.81. The van der Waals surface area contributed by atoms with E-state index in [2.05, 4.69) is 5.32 Å². The minimum absolute atomic E-state index is 0. The first-order valence-electron chi connectivity index (χ1n) is 5.72. The molecular weight excluding hydrogens is 201 g/mol. The largest absolute Gasteiger partial charge is 0.316 e. The second kappa shape index (κ2) is 5.92. The second-order valence-electron chi connectivity index (χ2n) is 4.60. The SMILES string of the molecule is Cl.FC(C1CCCC1)C1CCCNC1. The Balaban J connectivity index is 0.000000980. The van der Waals surface area contributed by atoms with Crippen LogP contribution in [0.4, 0.5) is 4.39 Å². The van der Waals surface area contributed by atoms with Gasteiger partial charge in [-0.15, -0.1) is 12.4 Å². The Labute approximate surface area is 92.2 Å². The van der Waals surface area contributed by atoms with Crippen LogP contribution in [-0.2, 0) is 0 Å². The van der Waals surface area contributed by atoms with Gasteiger partial charge in [0.05, 0.1) is 0 Å². The Morgan fingerprint density at radius 1 is 1.00 bits per heavy atom. The minimum Gasteiger partial charge on any atom is -0.316 e. The maximum atomic E-state index is 14.0. The number of piperidine rings is 1. The van der Waals surface area contributed by atoms with E-state index in [0.29, 0.717) is 11.8 Å². The zero-order valence-electron chi connectivity index (χ0n) is 8.68. The number of alkyl halides is 1. The number of hydrogen-bond acceptors (Lipinski definition) is 1. The normalized spacial score (nSPS) is 31.1. The molecule has 0 radical (unpaired) electrons. The Hall–Kier alpha value is 0.180. The summed E-state index contributed by atoms with van der Waals surface area (Å²) in [5, 5.41) is 3.30. The van der Waals surface area contributed by atoms with E-state index in [1.807, 2.05) is 0 Å². The van der Waals surface area contributed by atoms with E-state index < -0.39 is 6.17 Å². The lowest BCUT2D eigenvalue weighted by atomic mass is 9.86. The highest BCUT2D eigenvalue weighted by atomic mass is 35.5. The van der Waals surface area contributed by atoms with Crippen LogP contribution in [-0.4, -0.2) is 19.3 Å². The van der Waals surface area contributed by atoms with Crippen molar-refractivity contribution < 1.29 is 4.39 Å². The van der Waals surface area contributed by atoms with E-state index in [1.165, 1.54) is 12.8 Å². The van der Waals surface area contributed by atoms with Crippen LogP contribution < -0.4 is 5.32 Å². The lowest BCUT2D eigenvalue weighted by Crippen LogP contribution is -2.37. The van der Waals surface area contributed by atoms with Gasteiger partial charge >= 0.3 is 0 Å². The summed E-state index contributed by atoms with van der Waals surface area (Å²) in [6.07, 6.45) is 6.53. The molecule has 0 aromatic heterocycles. The Kier molecular flexibility index (Phi) is 5.18. The van der Waals surface area contributed by atoms with Crippen molar-refractivity contribution in [3.8, 4) is 0 Å². The standard InChI is InChI=1S/C11H20FN.ClH/c12-11(9-4-1-2-5-9)10-6-3-7-13-8-10;/h9-11,13H,1-8H2;1H. The van der Waals surface area contributed by atoms with Crippen molar-refractivity contribution in [1.82, 2.24) is 5.32 Å². The van der Waals surface area contributed by atoms with Gasteiger partial charge in [-0.2, -0.15) is 0 Å². The zero-order valence-corrected chi connectivity index (χ0v) is 9.49. The van der Waals surface area contributed by atoms with Gasteiger partial charge < -0.3 is 5.32 Å². The maximum absolute atomic E-state index is 14.0. The van der Waals surface area contributed by atoms with Crippen molar-refractivity contribution >= 4 is 12.4 Å². The molecule has 84 valence electrons. The highest BCUT2D eigenvalue weighted by Crippen LogP contribution is 2.34. The Bertz CT molecular complexity index is 153.